The van der Waals surface area contributed by atoms with Crippen LogP contribution in [0.5, 0.6) is 0 Å². The van der Waals surface area contributed by atoms with Crippen molar-refractivity contribution >= 4 is 11.3 Å². The van der Waals surface area contributed by atoms with Crippen molar-refractivity contribution in [3.63, 3.8) is 0 Å². The molecule has 0 bridgehead atoms. The third-order valence-corrected chi connectivity index (χ3v) is 5.96. The summed E-state index contributed by atoms with van der Waals surface area (Å²) in [5, 5.41) is 5.07. The number of aryl methyl sites for hydroxylation is 2. The summed E-state index contributed by atoms with van der Waals surface area (Å²) >= 11 is 1.87. The Balaban J connectivity index is 2.12. The highest BCUT2D eigenvalue weighted by Gasteiger charge is 2.36. The van der Waals surface area contributed by atoms with E-state index in [1.165, 1.54) is 47.9 Å². The van der Waals surface area contributed by atoms with Gasteiger partial charge in [-0.05, 0) is 66.6 Å². The minimum Gasteiger partial charge on any atom is -0.312 e. The van der Waals surface area contributed by atoms with Crippen molar-refractivity contribution in [1.82, 2.24) is 15.2 Å². The zero-order valence-electron chi connectivity index (χ0n) is 14.3. The summed E-state index contributed by atoms with van der Waals surface area (Å²) < 4.78 is 0. The molecule has 4 heteroatoms. The first-order valence-corrected chi connectivity index (χ1v) is 9.18. The Morgan fingerprint density at radius 3 is 2.48 bits per heavy atom. The fourth-order valence-electron chi connectivity index (χ4n) is 3.21. The maximum Gasteiger partial charge on any atom is 0.0947 e. The van der Waals surface area contributed by atoms with Gasteiger partial charge in [0.05, 0.1) is 10.7 Å². The molecule has 21 heavy (non-hydrogen) atoms. The van der Waals surface area contributed by atoms with Gasteiger partial charge in [-0.15, -0.1) is 11.3 Å². The van der Waals surface area contributed by atoms with E-state index in [9.17, 15) is 0 Å². The number of hydrogen-bond donors (Lipinski definition) is 1. The first kappa shape index (κ1) is 16.9. The van der Waals surface area contributed by atoms with E-state index >= 15 is 0 Å². The smallest absolute Gasteiger partial charge is 0.0947 e. The molecule has 0 radical (unpaired) electrons. The Bertz CT molecular complexity index is 427. The van der Waals surface area contributed by atoms with Crippen LogP contribution in [-0.4, -0.2) is 41.1 Å². The van der Waals surface area contributed by atoms with Crippen molar-refractivity contribution in [2.24, 2.45) is 0 Å². The molecule has 0 aromatic carbocycles. The normalized spacial score (nSPS) is 18.3. The second kappa shape index (κ2) is 7.21. The first-order valence-electron chi connectivity index (χ1n) is 8.36. The van der Waals surface area contributed by atoms with Crippen LogP contribution in [0, 0.1) is 13.8 Å². The minimum absolute atomic E-state index is 0.194. The zero-order chi connectivity index (χ0) is 15.5. The van der Waals surface area contributed by atoms with E-state index in [2.05, 4.69) is 44.8 Å². The average Bonchev–Trinajstić information content (AvgIpc) is 3.06. The molecule has 0 aliphatic carbocycles. The van der Waals surface area contributed by atoms with Crippen LogP contribution in [-0.2, 0) is 6.42 Å². The van der Waals surface area contributed by atoms with E-state index in [1.54, 1.807) is 0 Å². The van der Waals surface area contributed by atoms with Crippen LogP contribution in [0.3, 0.4) is 0 Å². The molecule has 0 saturated carbocycles. The predicted octanol–water partition coefficient (Wildman–Crippen LogP) is 3.55. The molecule has 1 unspecified atom stereocenters. The number of thiazole rings is 1. The van der Waals surface area contributed by atoms with E-state index in [4.69, 9.17) is 4.98 Å². The number of rotatable bonds is 7. The van der Waals surface area contributed by atoms with Crippen LogP contribution < -0.4 is 5.32 Å². The molecule has 1 atom stereocenters. The summed E-state index contributed by atoms with van der Waals surface area (Å²) in [7, 11) is 0. The zero-order valence-corrected chi connectivity index (χ0v) is 15.1. The second-order valence-electron chi connectivity index (χ2n) is 6.81. The van der Waals surface area contributed by atoms with E-state index < -0.39 is 0 Å². The Morgan fingerprint density at radius 1 is 1.29 bits per heavy atom. The molecule has 1 N–H and O–H groups in total. The Kier molecular flexibility index (Phi) is 5.81. The fraction of sp³-hybridized carbons (Fsp3) is 0.824. The summed E-state index contributed by atoms with van der Waals surface area (Å²) in [6.45, 7) is 14.9. The molecule has 1 aliphatic rings. The number of nitrogens with one attached hydrogen (secondary N) is 1. The van der Waals surface area contributed by atoms with Gasteiger partial charge in [0, 0.05) is 22.9 Å². The van der Waals surface area contributed by atoms with Crippen LogP contribution >= 0.6 is 11.3 Å². The van der Waals surface area contributed by atoms with E-state index in [-0.39, 0.29) is 5.54 Å². The van der Waals surface area contributed by atoms with Crippen molar-refractivity contribution in [2.75, 3.05) is 19.6 Å². The second-order valence-corrected chi connectivity index (χ2v) is 8.10. The lowest BCUT2D eigenvalue weighted by Crippen LogP contribution is -2.58. The molecule has 1 aliphatic heterocycles. The van der Waals surface area contributed by atoms with Gasteiger partial charge in [-0.2, -0.15) is 0 Å². The van der Waals surface area contributed by atoms with Gasteiger partial charge in [-0.1, -0.05) is 6.92 Å². The van der Waals surface area contributed by atoms with Gasteiger partial charge in [0.2, 0.25) is 0 Å². The summed E-state index contributed by atoms with van der Waals surface area (Å²) in [4.78, 5) is 8.78. The maximum absolute atomic E-state index is 4.76. The number of likely N-dealkylation sites (tertiary alicyclic amines) is 1. The lowest BCUT2D eigenvalue weighted by atomic mass is 9.90. The lowest BCUT2D eigenvalue weighted by molar-refractivity contribution is 0.106. The van der Waals surface area contributed by atoms with E-state index in [0.29, 0.717) is 6.04 Å². The highest BCUT2D eigenvalue weighted by Crippen LogP contribution is 2.28. The van der Waals surface area contributed by atoms with Gasteiger partial charge in [0.25, 0.3) is 0 Å². The molecule has 2 heterocycles. The molecule has 2 rings (SSSR count). The van der Waals surface area contributed by atoms with Crippen LogP contribution in [0.25, 0.3) is 0 Å². The van der Waals surface area contributed by atoms with E-state index in [1.807, 2.05) is 11.3 Å². The average molecular weight is 310 g/mol. The Hall–Kier alpha value is -0.450. The van der Waals surface area contributed by atoms with Crippen molar-refractivity contribution in [3.05, 3.63) is 15.6 Å². The Morgan fingerprint density at radius 2 is 1.95 bits per heavy atom. The summed E-state index contributed by atoms with van der Waals surface area (Å²) in [5.74, 6) is 0. The van der Waals surface area contributed by atoms with E-state index in [0.717, 1.165) is 13.0 Å². The molecule has 120 valence electrons. The van der Waals surface area contributed by atoms with Crippen molar-refractivity contribution < 1.29 is 0 Å². The molecule has 1 saturated heterocycles. The van der Waals surface area contributed by atoms with Gasteiger partial charge in [0.1, 0.15) is 0 Å². The number of aromatic nitrogens is 1. The molecule has 1 aromatic heterocycles. The molecule has 3 nitrogen and oxygen atoms in total. The first-order chi connectivity index (χ1) is 9.95. The highest BCUT2D eigenvalue weighted by atomic mass is 32.1. The van der Waals surface area contributed by atoms with Crippen molar-refractivity contribution in [3.8, 4) is 0 Å². The predicted molar refractivity (Wildman–Crippen MR) is 92.3 cm³/mol. The standard InChI is InChI=1S/C17H31N3S/c1-6-9-18-15(12-16-19-13(2)14(3)21-16)17(4,5)20-10-7-8-11-20/h15,18H,6-12H2,1-5H3. The molecule has 0 amide bonds. The quantitative estimate of drug-likeness (QED) is 0.835. The Labute approximate surface area is 134 Å². The summed E-state index contributed by atoms with van der Waals surface area (Å²) in [6.07, 6.45) is 4.92. The number of nitrogens with zero attached hydrogens (tertiary/aromatic N) is 2. The highest BCUT2D eigenvalue weighted by molar-refractivity contribution is 7.11. The van der Waals surface area contributed by atoms with Crippen molar-refractivity contribution in [2.45, 2.75) is 71.9 Å². The topological polar surface area (TPSA) is 28.2 Å². The van der Waals surface area contributed by atoms with Gasteiger partial charge in [0.15, 0.2) is 0 Å². The molecular formula is C17H31N3S. The third kappa shape index (κ3) is 4.05. The van der Waals surface area contributed by atoms with Gasteiger partial charge in [-0.3, -0.25) is 4.90 Å². The fourth-order valence-corrected chi connectivity index (χ4v) is 4.18. The van der Waals surface area contributed by atoms with Crippen LogP contribution in [0.15, 0.2) is 0 Å². The van der Waals surface area contributed by atoms with Crippen LogP contribution in [0.2, 0.25) is 0 Å². The van der Waals surface area contributed by atoms with Gasteiger partial charge in [-0.25, -0.2) is 4.98 Å². The third-order valence-electron chi connectivity index (χ3n) is 4.87. The SMILES string of the molecule is CCCNC(Cc1nc(C)c(C)s1)C(C)(C)N1CCCC1. The maximum atomic E-state index is 4.76. The van der Waals surface area contributed by atoms with Gasteiger partial charge >= 0.3 is 0 Å². The van der Waals surface area contributed by atoms with Crippen LogP contribution in [0.4, 0.5) is 0 Å². The molecule has 1 aromatic rings. The summed E-state index contributed by atoms with van der Waals surface area (Å²) in [5.41, 5.74) is 1.39. The summed E-state index contributed by atoms with van der Waals surface area (Å²) in [6, 6.07) is 0.473. The molecule has 1 fully saturated rings. The van der Waals surface area contributed by atoms with Crippen molar-refractivity contribution in [1.29, 1.82) is 0 Å². The molecule has 0 spiro atoms. The van der Waals surface area contributed by atoms with Crippen LogP contribution in [0.1, 0.15) is 55.6 Å². The monoisotopic (exact) mass is 309 g/mol. The number of hydrogen-bond acceptors (Lipinski definition) is 4. The lowest BCUT2D eigenvalue weighted by Gasteiger charge is -2.42. The largest absolute Gasteiger partial charge is 0.312 e. The van der Waals surface area contributed by atoms with Gasteiger partial charge < -0.3 is 5.32 Å². The molecular weight excluding hydrogens is 278 g/mol. The minimum atomic E-state index is 0.194.